The SMILES string of the molecule is C=CC(=O)N1CCN(c2nc(=O)n(-c3c(C)ccnc3C(C)C)c3nc(-c4c(O)cccc4F)c(F)cc23)C(C)C1.Cn1nccc1Nc1nccc(-c2cc3c(s2)C(C)(C)N(CCN2CCOCC2)C3=O)n1. The highest BCUT2D eigenvalue weighted by Crippen LogP contribution is 2.46. The van der Waals surface area contributed by atoms with Gasteiger partial charge < -0.3 is 29.9 Å². The molecule has 1 aromatic carbocycles. The fourth-order valence-corrected chi connectivity index (χ4v) is 10.8. The maximum absolute atomic E-state index is 15.8. The third-order valence-electron chi connectivity index (χ3n) is 13.5. The van der Waals surface area contributed by atoms with Gasteiger partial charge in [0.05, 0.1) is 63.4 Å². The van der Waals surface area contributed by atoms with Crippen LogP contribution in [0.5, 0.6) is 5.75 Å². The number of pyridine rings is 2. The summed E-state index contributed by atoms with van der Waals surface area (Å²) >= 11 is 1.64. The first-order chi connectivity index (χ1) is 35.0. The van der Waals surface area contributed by atoms with Crippen LogP contribution in [0.25, 0.3) is 38.5 Å². The first-order valence-corrected chi connectivity index (χ1v) is 24.9. The van der Waals surface area contributed by atoms with E-state index in [2.05, 4.69) is 60.7 Å². The molecule has 18 nitrogen and oxygen atoms in total. The molecule has 3 aliphatic rings. The number of hydrogen-bond acceptors (Lipinski definition) is 15. The van der Waals surface area contributed by atoms with E-state index in [4.69, 9.17) is 4.74 Å². The topological polar surface area (TPSA) is 193 Å². The number of phenolic OH excluding ortho intramolecular Hbond substituents is 1. The van der Waals surface area contributed by atoms with Gasteiger partial charge in [0.1, 0.15) is 28.9 Å². The number of morpholine rings is 1. The Balaban J connectivity index is 0.000000185. The Bertz CT molecular complexity index is 3290. The molecule has 1 atom stereocenters. The van der Waals surface area contributed by atoms with Gasteiger partial charge in [-0.1, -0.05) is 26.5 Å². The molecule has 0 spiro atoms. The lowest BCUT2D eigenvalue weighted by molar-refractivity contribution is -0.126. The van der Waals surface area contributed by atoms with E-state index in [-0.39, 0.29) is 46.2 Å². The first kappa shape index (κ1) is 50.5. The minimum atomic E-state index is -0.897. The van der Waals surface area contributed by atoms with E-state index < -0.39 is 34.3 Å². The van der Waals surface area contributed by atoms with Crippen molar-refractivity contribution in [3.63, 3.8) is 0 Å². The number of aromatic hydroxyl groups is 1. The van der Waals surface area contributed by atoms with Crippen LogP contribution in [-0.4, -0.2) is 136 Å². The highest BCUT2D eigenvalue weighted by Gasteiger charge is 2.45. The number of piperazine rings is 1. The third-order valence-corrected chi connectivity index (χ3v) is 15.0. The van der Waals surface area contributed by atoms with Crippen molar-refractivity contribution in [3.05, 3.63) is 124 Å². The summed E-state index contributed by atoms with van der Waals surface area (Å²) in [7, 11) is 1.86. The number of benzene rings is 1. The van der Waals surface area contributed by atoms with Gasteiger partial charge in [0.2, 0.25) is 11.9 Å². The number of thiophene rings is 1. The molecule has 2 N–H and O–H groups in total. The number of anilines is 3. The molecule has 2 fully saturated rings. The quantitative estimate of drug-likeness (QED) is 0.124. The maximum atomic E-state index is 15.8. The number of ether oxygens (including phenoxy) is 1. The van der Waals surface area contributed by atoms with E-state index in [1.54, 1.807) is 45.6 Å². The molecule has 73 heavy (non-hydrogen) atoms. The van der Waals surface area contributed by atoms with Gasteiger partial charge in [-0.25, -0.2) is 33.1 Å². The van der Waals surface area contributed by atoms with Gasteiger partial charge in [-0.15, -0.1) is 11.3 Å². The smallest absolute Gasteiger partial charge is 0.355 e. The summed E-state index contributed by atoms with van der Waals surface area (Å²) in [6, 6.07) is 12.0. The highest BCUT2D eigenvalue weighted by molar-refractivity contribution is 7.16. The van der Waals surface area contributed by atoms with Crippen molar-refractivity contribution in [1.82, 2.24) is 54.0 Å². The van der Waals surface area contributed by atoms with Gasteiger partial charge in [0, 0.05) is 82.2 Å². The third kappa shape index (κ3) is 9.78. The van der Waals surface area contributed by atoms with Crippen molar-refractivity contribution < 1.29 is 28.2 Å². The summed E-state index contributed by atoms with van der Waals surface area (Å²) in [5, 5.41) is 18.0. The van der Waals surface area contributed by atoms with Crippen molar-refractivity contribution in [1.29, 1.82) is 0 Å². The zero-order valence-corrected chi connectivity index (χ0v) is 42.6. The van der Waals surface area contributed by atoms with E-state index >= 15 is 4.39 Å². The molecule has 2 saturated heterocycles. The number of fused-ring (bicyclic) bond motifs is 2. The van der Waals surface area contributed by atoms with E-state index in [1.807, 2.05) is 62.7 Å². The number of amides is 2. The highest BCUT2D eigenvalue weighted by atomic mass is 32.1. The van der Waals surface area contributed by atoms with E-state index in [0.717, 1.165) is 78.4 Å². The van der Waals surface area contributed by atoms with Crippen LogP contribution in [-0.2, 0) is 22.1 Å². The Morgan fingerprint density at radius 1 is 0.986 bits per heavy atom. The summed E-state index contributed by atoms with van der Waals surface area (Å²) < 4.78 is 39.1. The molecule has 0 aliphatic carbocycles. The normalized spacial score (nSPS) is 16.7. The van der Waals surface area contributed by atoms with Crippen LogP contribution < -0.4 is 15.9 Å². The number of hydrogen-bond donors (Lipinski definition) is 2. The maximum Gasteiger partial charge on any atom is 0.355 e. The number of nitrogens with zero attached hydrogens (tertiary/aromatic N) is 12. The largest absolute Gasteiger partial charge is 0.507 e. The van der Waals surface area contributed by atoms with Crippen molar-refractivity contribution >= 4 is 51.8 Å². The molecule has 7 aromatic rings. The molecule has 2 amide bonds. The summed E-state index contributed by atoms with van der Waals surface area (Å²) in [6.07, 6.45) is 6.34. The predicted molar refractivity (Wildman–Crippen MR) is 276 cm³/mol. The van der Waals surface area contributed by atoms with Crippen LogP contribution in [0.4, 0.5) is 26.4 Å². The molecular weight excluding hydrogens is 957 g/mol. The van der Waals surface area contributed by atoms with Crippen LogP contribution in [0.1, 0.15) is 67.0 Å². The molecule has 380 valence electrons. The summed E-state index contributed by atoms with van der Waals surface area (Å²) in [4.78, 5) is 71.7. The summed E-state index contributed by atoms with van der Waals surface area (Å²) in [6.45, 7) is 21.4. The number of rotatable bonds is 11. The first-order valence-electron chi connectivity index (χ1n) is 24.1. The van der Waals surface area contributed by atoms with Crippen molar-refractivity contribution in [2.45, 2.75) is 59.0 Å². The number of carbonyl (C=O) groups excluding carboxylic acids is 2. The standard InChI is InChI=1S/C30H30F2N6O3.C22H27N7O2S/c1-6-23(40)36-12-13-37(18(5)15-36)28-19-14-21(32)26(24-20(31)8-7-9-22(24)39)34-29(19)38(30(41)35-28)27-17(4)10-11-33-25(27)16(2)3;1-22(2)19-15(20(30)29(22)9-8-28-10-12-31-13-11-28)14-17(32-19)16-4-6-23-21(25-16)26-18-5-7-24-27(18)3/h6-11,14,16,18,39H,1,12-13,15H2,2-5H3;4-7,14H,8-13H2,1-3H3,(H,23,25,26). The number of halogens is 2. The lowest BCUT2D eigenvalue weighted by Crippen LogP contribution is -2.54. The van der Waals surface area contributed by atoms with Crippen LogP contribution >= 0.6 is 11.3 Å². The summed E-state index contributed by atoms with van der Waals surface area (Å²) in [5.74, 6) is -0.942. The van der Waals surface area contributed by atoms with Crippen molar-refractivity contribution in [2.24, 2.45) is 7.05 Å². The van der Waals surface area contributed by atoms with Gasteiger partial charge >= 0.3 is 5.69 Å². The lowest BCUT2D eigenvalue weighted by Gasteiger charge is -2.40. The molecule has 0 saturated carbocycles. The van der Waals surface area contributed by atoms with Gasteiger partial charge in [-0.3, -0.25) is 24.2 Å². The number of aryl methyl sites for hydroxylation is 2. The molecular formula is C52H57F2N13O5S. The number of aromatic nitrogens is 8. The van der Waals surface area contributed by atoms with E-state index in [1.165, 1.54) is 22.8 Å². The zero-order chi connectivity index (χ0) is 51.9. The van der Waals surface area contributed by atoms with Gasteiger partial charge in [-0.05, 0) is 81.7 Å². The summed E-state index contributed by atoms with van der Waals surface area (Å²) in [5.41, 5.74) is 1.52. The Morgan fingerprint density at radius 3 is 2.44 bits per heavy atom. The Hall–Kier alpha value is -7.49. The second-order valence-corrected chi connectivity index (χ2v) is 20.0. The van der Waals surface area contributed by atoms with Crippen LogP contribution in [0, 0.1) is 18.6 Å². The zero-order valence-electron chi connectivity index (χ0n) is 41.8. The van der Waals surface area contributed by atoms with E-state index in [0.29, 0.717) is 42.5 Å². The molecule has 3 aliphatic heterocycles. The minimum absolute atomic E-state index is 0.0360. The van der Waals surface area contributed by atoms with Crippen LogP contribution in [0.3, 0.4) is 0 Å². The van der Waals surface area contributed by atoms with Crippen LogP contribution in [0.2, 0.25) is 0 Å². The lowest BCUT2D eigenvalue weighted by atomic mass is 10.0. The molecule has 10 rings (SSSR count). The molecule has 21 heteroatoms. The van der Waals surface area contributed by atoms with Crippen LogP contribution in [0.15, 0.2) is 84.6 Å². The monoisotopic (exact) mass is 1010 g/mol. The van der Waals surface area contributed by atoms with Gasteiger partial charge in [0.25, 0.3) is 5.91 Å². The van der Waals surface area contributed by atoms with Gasteiger partial charge in [0.15, 0.2) is 11.5 Å². The molecule has 6 aromatic heterocycles. The Morgan fingerprint density at radius 2 is 1.75 bits per heavy atom. The van der Waals surface area contributed by atoms with E-state index in [9.17, 15) is 23.9 Å². The number of phenols is 1. The van der Waals surface area contributed by atoms with Gasteiger partial charge in [-0.2, -0.15) is 10.1 Å². The Kier molecular flexibility index (Phi) is 14.2. The number of carbonyl (C=O) groups is 2. The molecule has 1 unspecified atom stereocenters. The fourth-order valence-electron chi connectivity index (χ4n) is 9.60. The molecule has 0 radical (unpaired) electrons. The van der Waals surface area contributed by atoms with Crippen molar-refractivity contribution in [3.8, 4) is 33.3 Å². The average molecular weight is 1010 g/mol. The molecule has 9 heterocycles. The predicted octanol–water partition coefficient (Wildman–Crippen LogP) is 7.19. The fraction of sp³-hybridized carbons (Fsp3) is 0.365. The van der Waals surface area contributed by atoms with Crippen molar-refractivity contribution in [2.75, 3.05) is 69.2 Å². The number of nitrogens with one attached hydrogen (secondary N) is 1. The molecule has 0 bridgehead atoms. The average Bonchev–Trinajstić information content (AvgIpc) is 4.05. The Labute approximate surface area is 424 Å². The second kappa shape index (κ2) is 20.6. The second-order valence-electron chi connectivity index (χ2n) is 19.0. The minimum Gasteiger partial charge on any atom is -0.507 e.